The fraction of sp³-hybridized carbons (Fsp3) is 0.714. The second kappa shape index (κ2) is 5.58. The summed E-state index contributed by atoms with van der Waals surface area (Å²) in [5, 5.41) is 0. The van der Waals surface area contributed by atoms with Gasteiger partial charge in [0.2, 0.25) is 0 Å². The molecule has 0 amide bonds. The van der Waals surface area contributed by atoms with E-state index in [1.165, 1.54) is 32.1 Å². The average molecular weight is 233 g/mol. The molecule has 94 valence electrons. The quantitative estimate of drug-likeness (QED) is 0.873. The molecule has 3 nitrogen and oxygen atoms in total. The molecule has 3 heteroatoms. The van der Waals surface area contributed by atoms with Crippen LogP contribution in [0.5, 0.6) is 0 Å². The van der Waals surface area contributed by atoms with Crippen molar-refractivity contribution in [2.45, 2.75) is 52.0 Å². The normalized spacial score (nSPS) is 26.8. The van der Waals surface area contributed by atoms with E-state index in [1.54, 1.807) is 0 Å². The molecule has 0 spiro atoms. The molecule has 1 fully saturated rings. The van der Waals surface area contributed by atoms with Gasteiger partial charge in [-0.25, -0.2) is 9.97 Å². The molecule has 17 heavy (non-hydrogen) atoms. The molecular formula is C14H23N3. The molecular weight excluding hydrogens is 210 g/mol. The third-order valence-electron chi connectivity index (χ3n) is 4.05. The van der Waals surface area contributed by atoms with Gasteiger partial charge < -0.3 is 5.73 Å². The lowest BCUT2D eigenvalue weighted by Gasteiger charge is -2.32. The molecule has 1 aromatic heterocycles. The van der Waals surface area contributed by atoms with Crippen molar-refractivity contribution in [2.24, 2.45) is 17.6 Å². The van der Waals surface area contributed by atoms with Gasteiger partial charge in [0.25, 0.3) is 0 Å². The summed E-state index contributed by atoms with van der Waals surface area (Å²) in [5.41, 5.74) is 7.38. The Morgan fingerprint density at radius 2 is 2.29 bits per heavy atom. The van der Waals surface area contributed by atoms with Crippen LogP contribution in [0.15, 0.2) is 12.3 Å². The van der Waals surface area contributed by atoms with Gasteiger partial charge in [0.15, 0.2) is 0 Å². The number of hydrogen-bond acceptors (Lipinski definition) is 3. The molecule has 3 unspecified atom stereocenters. The summed E-state index contributed by atoms with van der Waals surface area (Å²) < 4.78 is 0. The average Bonchev–Trinajstić information content (AvgIpc) is 2.38. The second-order valence-corrected chi connectivity index (χ2v) is 5.26. The summed E-state index contributed by atoms with van der Waals surface area (Å²) in [4.78, 5) is 8.59. The maximum atomic E-state index is 6.37. The molecule has 0 radical (unpaired) electrons. The Kier molecular flexibility index (Phi) is 4.11. The van der Waals surface area contributed by atoms with Crippen LogP contribution in [-0.2, 0) is 0 Å². The molecule has 1 heterocycles. The predicted molar refractivity (Wildman–Crippen MR) is 69.4 cm³/mol. The van der Waals surface area contributed by atoms with Crippen LogP contribution in [0.1, 0.15) is 56.6 Å². The molecule has 0 saturated heterocycles. The number of rotatable bonds is 3. The van der Waals surface area contributed by atoms with Gasteiger partial charge >= 0.3 is 0 Å². The molecule has 2 rings (SSSR count). The van der Waals surface area contributed by atoms with E-state index in [1.807, 2.05) is 19.2 Å². The van der Waals surface area contributed by atoms with E-state index in [0.29, 0.717) is 5.92 Å². The summed E-state index contributed by atoms with van der Waals surface area (Å²) in [6.45, 7) is 4.21. The van der Waals surface area contributed by atoms with Crippen molar-refractivity contribution in [3.8, 4) is 0 Å². The smallest absolute Gasteiger partial charge is 0.125 e. The Balaban J connectivity index is 2.06. The van der Waals surface area contributed by atoms with Gasteiger partial charge in [0.05, 0.1) is 5.69 Å². The molecule has 1 aliphatic rings. The van der Waals surface area contributed by atoms with Gasteiger partial charge in [0, 0.05) is 12.2 Å². The van der Waals surface area contributed by atoms with Gasteiger partial charge in [-0.2, -0.15) is 0 Å². The third-order valence-corrected chi connectivity index (χ3v) is 4.05. The van der Waals surface area contributed by atoms with Crippen LogP contribution in [0, 0.1) is 18.8 Å². The van der Waals surface area contributed by atoms with E-state index >= 15 is 0 Å². The van der Waals surface area contributed by atoms with Crippen LogP contribution < -0.4 is 5.73 Å². The molecule has 3 atom stereocenters. The molecule has 1 aliphatic carbocycles. The zero-order valence-electron chi connectivity index (χ0n) is 10.9. The first kappa shape index (κ1) is 12.5. The predicted octanol–water partition coefficient (Wildman–Crippen LogP) is 3.00. The number of aryl methyl sites for hydroxylation is 1. The van der Waals surface area contributed by atoms with E-state index < -0.39 is 0 Å². The molecule has 0 aromatic carbocycles. The Labute approximate surface area is 104 Å². The van der Waals surface area contributed by atoms with Gasteiger partial charge in [-0.15, -0.1) is 0 Å². The summed E-state index contributed by atoms with van der Waals surface area (Å²) in [6.07, 6.45) is 8.31. The lowest BCUT2D eigenvalue weighted by Crippen LogP contribution is -2.27. The maximum absolute atomic E-state index is 6.37. The van der Waals surface area contributed by atoms with E-state index in [0.717, 1.165) is 17.4 Å². The standard InChI is InChI=1S/C14H23N3/c1-3-11-5-4-6-12(9-11)14(15)13-7-8-16-10(2)17-13/h7-8,11-12,14H,3-6,9,15H2,1-2H3. The van der Waals surface area contributed by atoms with Crippen molar-refractivity contribution in [1.82, 2.24) is 9.97 Å². The Morgan fingerprint density at radius 3 is 3.00 bits per heavy atom. The highest BCUT2D eigenvalue weighted by atomic mass is 14.9. The minimum Gasteiger partial charge on any atom is -0.322 e. The summed E-state index contributed by atoms with van der Waals surface area (Å²) in [7, 11) is 0. The van der Waals surface area contributed by atoms with Gasteiger partial charge in [-0.1, -0.05) is 26.2 Å². The molecule has 0 aliphatic heterocycles. The van der Waals surface area contributed by atoms with Crippen molar-refractivity contribution in [3.05, 3.63) is 23.8 Å². The minimum absolute atomic E-state index is 0.0889. The van der Waals surface area contributed by atoms with Gasteiger partial charge in [0.1, 0.15) is 5.82 Å². The van der Waals surface area contributed by atoms with Crippen molar-refractivity contribution < 1.29 is 0 Å². The van der Waals surface area contributed by atoms with E-state index in [9.17, 15) is 0 Å². The SMILES string of the molecule is CCC1CCCC(C(N)c2ccnc(C)n2)C1. The van der Waals surface area contributed by atoms with Crippen LogP contribution in [0.3, 0.4) is 0 Å². The van der Waals surface area contributed by atoms with Crippen molar-refractivity contribution in [2.75, 3.05) is 0 Å². The van der Waals surface area contributed by atoms with Crippen molar-refractivity contribution in [3.63, 3.8) is 0 Å². The highest BCUT2D eigenvalue weighted by molar-refractivity contribution is 5.08. The lowest BCUT2D eigenvalue weighted by molar-refractivity contribution is 0.228. The van der Waals surface area contributed by atoms with Crippen molar-refractivity contribution >= 4 is 0 Å². The number of nitrogens with zero attached hydrogens (tertiary/aromatic N) is 2. The van der Waals surface area contributed by atoms with Crippen LogP contribution in [-0.4, -0.2) is 9.97 Å². The Hall–Kier alpha value is -0.960. The maximum Gasteiger partial charge on any atom is 0.125 e. The zero-order valence-corrected chi connectivity index (χ0v) is 10.9. The first-order chi connectivity index (χ1) is 8.20. The lowest BCUT2D eigenvalue weighted by atomic mass is 9.76. The van der Waals surface area contributed by atoms with Crippen LogP contribution in [0.4, 0.5) is 0 Å². The summed E-state index contributed by atoms with van der Waals surface area (Å²) >= 11 is 0. The van der Waals surface area contributed by atoms with Gasteiger partial charge in [-0.05, 0) is 37.7 Å². The van der Waals surface area contributed by atoms with E-state index in [4.69, 9.17) is 5.73 Å². The number of hydrogen-bond donors (Lipinski definition) is 1. The van der Waals surface area contributed by atoms with E-state index in [2.05, 4.69) is 16.9 Å². The van der Waals surface area contributed by atoms with Crippen LogP contribution in [0.2, 0.25) is 0 Å². The first-order valence-electron chi connectivity index (χ1n) is 6.75. The third kappa shape index (κ3) is 3.03. The number of aromatic nitrogens is 2. The highest BCUT2D eigenvalue weighted by Crippen LogP contribution is 2.36. The fourth-order valence-corrected chi connectivity index (χ4v) is 2.93. The fourth-order valence-electron chi connectivity index (χ4n) is 2.93. The Morgan fingerprint density at radius 1 is 1.47 bits per heavy atom. The van der Waals surface area contributed by atoms with Crippen LogP contribution >= 0.6 is 0 Å². The largest absolute Gasteiger partial charge is 0.322 e. The molecule has 1 aromatic rings. The summed E-state index contributed by atoms with van der Waals surface area (Å²) in [5.74, 6) is 2.28. The number of nitrogens with two attached hydrogens (primary N) is 1. The summed E-state index contributed by atoms with van der Waals surface area (Å²) in [6, 6.07) is 2.05. The second-order valence-electron chi connectivity index (χ2n) is 5.26. The first-order valence-corrected chi connectivity index (χ1v) is 6.75. The van der Waals surface area contributed by atoms with Crippen LogP contribution in [0.25, 0.3) is 0 Å². The van der Waals surface area contributed by atoms with E-state index in [-0.39, 0.29) is 6.04 Å². The molecule has 1 saturated carbocycles. The molecule has 2 N–H and O–H groups in total. The monoisotopic (exact) mass is 233 g/mol. The minimum atomic E-state index is 0.0889. The Bertz CT molecular complexity index is 364. The van der Waals surface area contributed by atoms with Crippen molar-refractivity contribution in [1.29, 1.82) is 0 Å². The topological polar surface area (TPSA) is 51.8 Å². The molecule has 0 bridgehead atoms. The van der Waals surface area contributed by atoms with Gasteiger partial charge in [-0.3, -0.25) is 0 Å². The highest BCUT2D eigenvalue weighted by Gasteiger charge is 2.27. The zero-order chi connectivity index (χ0) is 12.3.